The summed E-state index contributed by atoms with van der Waals surface area (Å²) in [5, 5.41) is 0.560. The van der Waals surface area contributed by atoms with Crippen LogP contribution in [0, 0.1) is 5.92 Å². The summed E-state index contributed by atoms with van der Waals surface area (Å²) in [7, 11) is -0.326. The predicted octanol–water partition coefficient (Wildman–Crippen LogP) is 2.23. The second-order valence-electron chi connectivity index (χ2n) is 7.66. The molecule has 0 bridgehead atoms. The van der Waals surface area contributed by atoms with E-state index in [4.69, 9.17) is 16.3 Å². The van der Waals surface area contributed by atoms with Crippen molar-refractivity contribution in [3.8, 4) is 5.75 Å². The number of nitrogens with zero attached hydrogens (tertiary/aromatic N) is 3. The Hall–Kier alpha value is -1.35. The summed E-state index contributed by atoms with van der Waals surface area (Å²) in [6, 6.07) is 7.06. The first-order valence-corrected chi connectivity index (χ1v) is 11.4. The summed E-state index contributed by atoms with van der Waals surface area (Å²) < 4.78 is 33.5. The molecule has 0 aliphatic carbocycles. The largest absolute Gasteiger partial charge is 0.481 e. The molecule has 2 saturated heterocycles. The molecule has 0 radical (unpaired) electrons. The van der Waals surface area contributed by atoms with Gasteiger partial charge in [0.2, 0.25) is 0 Å². The van der Waals surface area contributed by atoms with Crippen LogP contribution in [-0.4, -0.2) is 73.7 Å². The van der Waals surface area contributed by atoms with Crippen LogP contribution in [0.1, 0.15) is 26.2 Å². The van der Waals surface area contributed by atoms with Crippen molar-refractivity contribution in [3.05, 3.63) is 29.3 Å². The van der Waals surface area contributed by atoms with E-state index in [2.05, 4.69) is 0 Å². The molecule has 2 heterocycles. The van der Waals surface area contributed by atoms with Gasteiger partial charge in [-0.2, -0.15) is 17.0 Å². The molecule has 2 aliphatic rings. The highest BCUT2D eigenvalue weighted by Gasteiger charge is 2.42. The van der Waals surface area contributed by atoms with E-state index in [0.29, 0.717) is 36.8 Å². The summed E-state index contributed by atoms with van der Waals surface area (Å²) in [6.07, 6.45) is 1.82. The standard InChI is InChI=1S/C19H28ClN3O4S/c1-14(27-17-8-4-7-16(20)12-17)19(24)23-10-5-6-15-13-22(11-9-18(15)23)28(25,26)21(2)3/h4,7-8,12,14-15,18H,5-6,9-11,13H2,1-3H3/t14-,15+,18-/m0/s1. The van der Waals surface area contributed by atoms with Gasteiger partial charge in [0.05, 0.1) is 0 Å². The minimum absolute atomic E-state index is 0.0558. The van der Waals surface area contributed by atoms with Gasteiger partial charge in [-0.05, 0) is 50.3 Å². The first-order chi connectivity index (χ1) is 13.2. The lowest BCUT2D eigenvalue weighted by molar-refractivity contribution is -0.144. The smallest absolute Gasteiger partial charge is 0.281 e. The Morgan fingerprint density at radius 1 is 1.29 bits per heavy atom. The van der Waals surface area contributed by atoms with Gasteiger partial charge in [-0.1, -0.05) is 17.7 Å². The van der Waals surface area contributed by atoms with Crippen LogP contribution in [0.15, 0.2) is 24.3 Å². The number of fused-ring (bicyclic) bond motifs is 1. The number of rotatable bonds is 5. The molecular formula is C19H28ClN3O4S. The Balaban J connectivity index is 1.67. The number of benzene rings is 1. The number of hydrogen-bond acceptors (Lipinski definition) is 4. The third-order valence-corrected chi connectivity index (χ3v) is 7.70. The van der Waals surface area contributed by atoms with Gasteiger partial charge >= 0.3 is 0 Å². The van der Waals surface area contributed by atoms with Gasteiger partial charge < -0.3 is 9.64 Å². The van der Waals surface area contributed by atoms with E-state index < -0.39 is 16.3 Å². The molecule has 0 aromatic heterocycles. The van der Waals surface area contributed by atoms with Crippen molar-refractivity contribution < 1.29 is 17.9 Å². The number of carbonyl (C=O) groups is 1. The molecule has 3 atom stereocenters. The van der Waals surface area contributed by atoms with E-state index in [1.54, 1.807) is 45.3 Å². The number of halogens is 1. The van der Waals surface area contributed by atoms with Gasteiger partial charge in [0, 0.05) is 44.8 Å². The molecule has 0 saturated carbocycles. The lowest BCUT2D eigenvalue weighted by Crippen LogP contribution is -2.59. The maximum absolute atomic E-state index is 13.1. The lowest BCUT2D eigenvalue weighted by Gasteiger charge is -2.47. The number of piperidine rings is 2. The van der Waals surface area contributed by atoms with Crippen LogP contribution in [-0.2, 0) is 15.0 Å². The van der Waals surface area contributed by atoms with Gasteiger partial charge in [-0.25, -0.2) is 0 Å². The summed E-state index contributed by atoms with van der Waals surface area (Å²) in [6.45, 7) is 3.32. The zero-order valence-electron chi connectivity index (χ0n) is 16.5. The molecule has 7 nitrogen and oxygen atoms in total. The molecule has 1 amide bonds. The number of carbonyl (C=O) groups excluding carboxylic acids is 1. The molecule has 0 N–H and O–H groups in total. The molecule has 1 aromatic carbocycles. The third kappa shape index (κ3) is 4.45. The van der Waals surface area contributed by atoms with Gasteiger partial charge in [-0.15, -0.1) is 0 Å². The Morgan fingerprint density at radius 2 is 2.04 bits per heavy atom. The molecule has 9 heteroatoms. The van der Waals surface area contributed by atoms with Crippen molar-refractivity contribution in [2.75, 3.05) is 33.7 Å². The highest BCUT2D eigenvalue weighted by Crippen LogP contribution is 2.32. The number of ether oxygens (including phenoxy) is 1. The molecule has 156 valence electrons. The van der Waals surface area contributed by atoms with E-state index in [1.807, 2.05) is 4.90 Å². The highest BCUT2D eigenvalue weighted by atomic mass is 35.5. The summed E-state index contributed by atoms with van der Waals surface area (Å²) in [5.74, 6) is 0.659. The highest BCUT2D eigenvalue weighted by molar-refractivity contribution is 7.86. The van der Waals surface area contributed by atoms with Gasteiger partial charge in [0.1, 0.15) is 5.75 Å². The third-order valence-electron chi connectivity index (χ3n) is 5.56. The van der Waals surface area contributed by atoms with Crippen LogP contribution in [0.5, 0.6) is 5.75 Å². The molecule has 0 spiro atoms. The fourth-order valence-electron chi connectivity index (χ4n) is 4.11. The second kappa shape index (κ2) is 8.57. The summed E-state index contributed by atoms with van der Waals surface area (Å²) >= 11 is 5.99. The fraction of sp³-hybridized carbons (Fsp3) is 0.632. The van der Waals surface area contributed by atoms with Crippen molar-refractivity contribution in [2.24, 2.45) is 5.92 Å². The molecule has 1 aromatic rings. The van der Waals surface area contributed by atoms with Gasteiger partial charge in [-0.3, -0.25) is 4.79 Å². The van der Waals surface area contributed by atoms with E-state index >= 15 is 0 Å². The van der Waals surface area contributed by atoms with Crippen molar-refractivity contribution in [3.63, 3.8) is 0 Å². The SMILES string of the molecule is C[C@H](Oc1cccc(Cl)c1)C(=O)N1CCC[C@@H]2CN(S(=O)(=O)N(C)C)CC[C@@H]21. The normalized spacial score (nSPS) is 24.7. The lowest BCUT2D eigenvalue weighted by atomic mass is 9.84. The number of amides is 1. The van der Waals surface area contributed by atoms with Crippen LogP contribution >= 0.6 is 11.6 Å². The van der Waals surface area contributed by atoms with Crippen molar-refractivity contribution >= 4 is 27.7 Å². The van der Waals surface area contributed by atoms with E-state index in [-0.39, 0.29) is 17.9 Å². The quantitative estimate of drug-likeness (QED) is 0.719. The molecule has 2 fully saturated rings. The Bertz CT molecular complexity index is 817. The molecule has 3 rings (SSSR count). The minimum atomic E-state index is -3.42. The van der Waals surface area contributed by atoms with Gasteiger partial charge in [0.15, 0.2) is 6.10 Å². The molecule has 2 aliphatic heterocycles. The Labute approximate surface area is 172 Å². The zero-order valence-corrected chi connectivity index (χ0v) is 18.1. The number of likely N-dealkylation sites (tertiary alicyclic amines) is 1. The van der Waals surface area contributed by atoms with E-state index in [0.717, 1.165) is 12.8 Å². The first-order valence-electron chi connectivity index (χ1n) is 9.60. The molecule has 28 heavy (non-hydrogen) atoms. The fourth-order valence-corrected chi connectivity index (χ4v) is 5.47. The average Bonchev–Trinajstić information content (AvgIpc) is 2.66. The predicted molar refractivity (Wildman–Crippen MR) is 109 cm³/mol. The topological polar surface area (TPSA) is 70.2 Å². The Morgan fingerprint density at radius 3 is 2.71 bits per heavy atom. The van der Waals surface area contributed by atoms with E-state index in [1.165, 1.54) is 8.61 Å². The zero-order chi connectivity index (χ0) is 20.5. The average molecular weight is 430 g/mol. The van der Waals surface area contributed by atoms with Crippen molar-refractivity contribution in [1.29, 1.82) is 0 Å². The van der Waals surface area contributed by atoms with E-state index in [9.17, 15) is 13.2 Å². The van der Waals surface area contributed by atoms with Crippen LogP contribution < -0.4 is 4.74 Å². The molecular weight excluding hydrogens is 402 g/mol. The van der Waals surface area contributed by atoms with Crippen molar-refractivity contribution in [2.45, 2.75) is 38.3 Å². The summed E-state index contributed by atoms with van der Waals surface area (Å²) in [5.41, 5.74) is 0. The first kappa shape index (κ1) is 21.4. The minimum Gasteiger partial charge on any atom is -0.481 e. The van der Waals surface area contributed by atoms with Crippen molar-refractivity contribution in [1.82, 2.24) is 13.5 Å². The maximum atomic E-state index is 13.1. The monoisotopic (exact) mass is 429 g/mol. The number of hydrogen-bond donors (Lipinski definition) is 0. The van der Waals surface area contributed by atoms with Crippen LogP contribution in [0.25, 0.3) is 0 Å². The van der Waals surface area contributed by atoms with Gasteiger partial charge in [0.25, 0.3) is 16.1 Å². The van der Waals surface area contributed by atoms with Crippen LogP contribution in [0.4, 0.5) is 0 Å². The van der Waals surface area contributed by atoms with Crippen LogP contribution in [0.3, 0.4) is 0 Å². The second-order valence-corrected chi connectivity index (χ2v) is 10.2. The maximum Gasteiger partial charge on any atom is 0.281 e. The van der Waals surface area contributed by atoms with Crippen LogP contribution in [0.2, 0.25) is 5.02 Å². The summed E-state index contributed by atoms with van der Waals surface area (Å²) in [4.78, 5) is 14.9. The Kier molecular flexibility index (Phi) is 6.54. The molecule has 0 unspecified atom stereocenters.